The molecule has 0 radical (unpaired) electrons. The summed E-state index contributed by atoms with van der Waals surface area (Å²) in [6.07, 6.45) is 2.29. The third-order valence-corrected chi connectivity index (χ3v) is 6.78. The van der Waals surface area contributed by atoms with Crippen LogP contribution in [0.4, 0.5) is 5.69 Å². The number of ether oxygens (including phenoxy) is 2. The van der Waals surface area contributed by atoms with Crippen molar-refractivity contribution in [2.75, 3.05) is 27.3 Å². The number of likely N-dealkylation sites (tertiary alicyclic amines) is 1. The van der Waals surface area contributed by atoms with Crippen LogP contribution in [0.2, 0.25) is 0 Å². The number of carbonyl (C=O) groups excluding carboxylic acids is 1. The second kappa shape index (κ2) is 8.53. The fourth-order valence-corrected chi connectivity index (χ4v) is 5.20. The molecule has 1 aromatic carbocycles. The van der Waals surface area contributed by atoms with Gasteiger partial charge < -0.3 is 18.9 Å². The number of benzene rings is 1. The number of amides is 1. The van der Waals surface area contributed by atoms with Crippen molar-refractivity contribution in [2.45, 2.75) is 25.4 Å². The molecule has 1 amide bonds. The van der Waals surface area contributed by atoms with Crippen molar-refractivity contribution in [3.63, 3.8) is 0 Å². The van der Waals surface area contributed by atoms with Crippen LogP contribution in [0.25, 0.3) is 10.8 Å². The Balaban J connectivity index is 1.42. The number of pyridine rings is 1. The zero-order valence-electron chi connectivity index (χ0n) is 19.2. The van der Waals surface area contributed by atoms with Crippen molar-refractivity contribution in [2.24, 2.45) is 5.92 Å². The molecule has 0 N–H and O–H groups in total. The molecule has 35 heavy (non-hydrogen) atoms. The minimum atomic E-state index is -0.672. The van der Waals surface area contributed by atoms with E-state index in [2.05, 4.69) is 5.10 Å². The molecule has 2 aliphatic heterocycles. The van der Waals surface area contributed by atoms with Crippen LogP contribution < -0.4 is 20.6 Å². The summed E-state index contributed by atoms with van der Waals surface area (Å²) in [6, 6.07) is 6.22. The molecule has 0 unspecified atom stereocenters. The minimum Gasteiger partial charge on any atom is -0.493 e. The van der Waals surface area contributed by atoms with Crippen LogP contribution in [0.15, 0.2) is 40.1 Å². The van der Waals surface area contributed by atoms with Crippen LogP contribution in [0.1, 0.15) is 18.0 Å². The van der Waals surface area contributed by atoms with Gasteiger partial charge in [-0.25, -0.2) is 4.68 Å². The largest absolute Gasteiger partial charge is 0.493 e. The Bertz CT molecular complexity index is 1480. The Labute approximate surface area is 198 Å². The summed E-state index contributed by atoms with van der Waals surface area (Å²) in [5.74, 6) is 0.274. The molecule has 4 heterocycles. The number of rotatable bonds is 5. The van der Waals surface area contributed by atoms with Crippen LogP contribution in [0.3, 0.4) is 0 Å². The fraction of sp³-hybridized carbons (Fsp3) is 0.391. The highest BCUT2D eigenvalue weighted by molar-refractivity contribution is 5.89. The molecule has 1 fully saturated rings. The summed E-state index contributed by atoms with van der Waals surface area (Å²) in [6.45, 7) is 0.804. The van der Waals surface area contributed by atoms with Crippen LogP contribution in [-0.2, 0) is 17.9 Å². The number of hydrogen-bond acceptors (Lipinski definition) is 8. The van der Waals surface area contributed by atoms with Gasteiger partial charge in [-0.15, -0.1) is 0 Å². The van der Waals surface area contributed by atoms with Gasteiger partial charge in [0.05, 0.1) is 30.7 Å². The summed E-state index contributed by atoms with van der Waals surface area (Å²) < 4.78 is 13.3. The quantitative estimate of drug-likeness (QED) is 0.390. The lowest BCUT2D eigenvalue weighted by atomic mass is 9.83. The Morgan fingerprint density at radius 2 is 1.91 bits per heavy atom. The number of piperidine rings is 1. The molecule has 1 saturated heterocycles. The van der Waals surface area contributed by atoms with E-state index in [0.29, 0.717) is 36.5 Å². The highest BCUT2D eigenvalue weighted by Gasteiger charge is 2.37. The van der Waals surface area contributed by atoms with Gasteiger partial charge in [0.1, 0.15) is 6.54 Å². The molecule has 2 aromatic heterocycles. The van der Waals surface area contributed by atoms with Crippen molar-refractivity contribution in [1.29, 1.82) is 0 Å². The van der Waals surface area contributed by atoms with Gasteiger partial charge in [0.2, 0.25) is 5.91 Å². The molecule has 2 atom stereocenters. The van der Waals surface area contributed by atoms with E-state index in [1.165, 1.54) is 31.0 Å². The Hall–Kier alpha value is -4.22. The molecule has 12 nitrogen and oxygen atoms in total. The summed E-state index contributed by atoms with van der Waals surface area (Å²) in [7, 11) is 2.92. The molecule has 0 saturated carbocycles. The van der Waals surface area contributed by atoms with Gasteiger partial charge in [-0.2, -0.15) is 5.10 Å². The average molecular weight is 481 g/mol. The summed E-state index contributed by atoms with van der Waals surface area (Å²) in [4.78, 5) is 51.1. The lowest BCUT2D eigenvalue weighted by molar-refractivity contribution is -0.386. The summed E-state index contributed by atoms with van der Waals surface area (Å²) in [5, 5.41) is 16.2. The molecule has 3 aromatic rings. The Morgan fingerprint density at radius 3 is 2.63 bits per heavy atom. The zero-order valence-corrected chi connectivity index (χ0v) is 19.2. The maximum atomic E-state index is 13.2. The van der Waals surface area contributed by atoms with Crippen LogP contribution in [-0.4, -0.2) is 57.4 Å². The van der Waals surface area contributed by atoms with E-state index in [-0.39, 0.29) is 35.4 Å². The molecule has 5 rings (SSSR count). The molecule has 0 spiro atoms. The van der Waals surface area contributed by atoms with E-state index in [9.17, 15) is 24.5 Å². The van der Waals surface area contributed by atoms with Crippen LogP contribution in [0.5, 0.6) is 11.5 Å². The fourth-order valence-electron chi connectivity index (χ4n) is 5.20. The van der Waals surface area contributed by atoms with Crippen molar-refractivity contribution < 1.29 is 19.2 Å². The van der Waals surface area contributed by atoms with E-state index in [1.54, 1.807) is 23.1 Å². The van der Waals surface area contributed by atoms with E-state index < -0.39 is 21.7 Å². The van der Waals surface area contributed by atoms with Crippen molar-refractivity contribution >= 4 is 22.4 Å². The maximum absolute atomic E-state index is 13.2. The number of fused-ring (bicyclic) bond motifs is 5. The Kier molecular flexibility index (Phi) is 5.50. The SMILES string of the molecule is COc1ccc2cnn(CC(=O)N3C[C@@H]4C[C@@H](C3)c3ccc([N+](=O)[O-])c(=O)n3C4)c(=O)c2c1OC. The zero-order chi connectivity index (χ0) is 24.9. The number of nitrogens with zero attached hydrogens (tertiary/aromatic N) is 5. The smallest absolute Gasteiger partial charge is 0.334 e. The van der Waals surface area contributed by atoms with Gasteiger partial charge in [0, 0.05) is 42.7 Å². The number of aromatic nitrogens is 3. The Morgan fingerprint density at radius 1 is 1.11 bits per heavy atom. The monoisotopic (exact) mass is 481 g/mol. The predicted octanol–water partition coefficient (Wildman–Crippen LogP) is 1.13. The van der Waals surface area contributed by atoms with E-state index in [0.717, 1.165) is 11.1 Å². The van der Waals surface area contributed by atoms with Gasteiger partial charge in [0.25, 0.3) is 5.56 Å². The number of carbonyl (C=O) groups is 1. The van der Waals surface area contributed by atoms with E-state index in [1.807, 2.05) is 0 Å². The molecule has 2 aliphatic rings. The van der Waals surface area contributed by atoms with Gasteiger partial charge in [-0.3, -0.25) is 24.5 Å². The topological polar surface area (TPSA) is 139 Å². The number of methoxy groups -OCH3 is 2. The van der Waals surface area contributed by atoms with Gasteiger partial charge in [0.15, 0.2) is 11.5 Å². The lowest BCUT2D eigenvalue weighted by Gasteiger charge is -2.42. The van der Waals surface area contributed by atoms with Gasteiger partial charge >= 0.3 is 11.2 Å². The molecular formula is C23H23N5O7. The van der Waals surface area contributed by atoms with E-state index in [4.69, 9.17) is 9.47 Å². The van der Waals surface area contributed by atoms with Crippen molar-refractivity contribution in [3.8, 4) is 11.5 Å². The first-order valence-corrected chi connectivity index (χ1v) is 11.1. The second-order valence-corrected chi connectivity index (χ2v) is 8.79. The third-order valence-electron chi connectivity index (χ3n) is 6.78. The van der Waals surface area contributed by atoms with Gasteiger partial charge in [-0.1, -0.05) is 0 Å². The molecule has 12 heteroatoms. The normalized spacial score (nSPS) is 18.7. The first-order valence-electron chi connectivity index (χ1n) is 11.1. The molecule has 0 aliphatic carbocycles. The molecule has 182 valence electrons. The molecule has 2 bridgehead atoms. The standard InChI is InChI=1S/C23H23N5O7/c1-34-18-6-3-14-8-24-27(23(31)20(14)21(18)35-2)12-19(29)25-9-13-7-15(11-25)16-4-5-17(28(32)33)22(30)26(16)10-13/h3-6,8,13,15H,7,9-12H2,1-2H3/t13-,15-/m0/s1. The van der Waals surface area contributed by atoms with E-state index >= 15 is 0 Å². The summed E-state index contributed by atoms with van der Waals surface area (Å²) in [5.41, 5.74) is -0.839. The maximum Gasteiger partial charge on any atom is 0.334 e. The highest BCUT2D eigenvalue weighted by Crippen LogP contribution is 2.36. The average Bonchev–Trinajstić information content (AvgIpc) is 2.85. The predicted molar refractivity (Wildman–Crippen MR) is 124 cm³/mol. The first kappa shape index (κ1) is 22.6. The van der Waals surface area contributed by atoms with Crippen molar-refractivity contribution in [1.82, 2.24) is 19.2 Å². The van der Waals surface area contributed by atoms with Crippen molar-refractivity contribution in [3.05, 3.63) is 67.0 Å². The second-order valence-electron chi connectivity index (χ2n) is 8.79. The van der Waals surface area contributed by atoms with Crippen LogP contribution in [0, 0.1) is 16.0 Å². The third kappa shape index (κ3) is 3.70. The highest BCUT2D eigenvalue weighted by atomic mass is 16.6. The lowest BCUT2D eigenvalue weighted by Crippen LogP contribution is -2.50. The minimum absolute atomic E-state index is 0.0180. The first-order chi connectivity index (χ1) is 16.8. The van der Waals surface area contributed by atoms with Crippen LogP contribution >= 0.6 is 0 Å². The number of hydrogen-bond donors (Lipinski definition) is 0. The number of nitro groups is 1. The molecular weight excluding hydrogens is 458 g/mol. The summed E-state index contributed by atoms with van der Waals surface area (Å²) >= 11 is 0. The van der Waals surface area contributed by atoms with Gasteiger partial charge in [-0.05, 0) is 30.5 Å².